The van der Waals surface area contributed by atoms with Crippen LogP contribution in [-0.4, -0.2) is 35.9 Å². The first-order valence-corrected chi connectivity index (χ1v) is 7.90. The first-order valence-electron chi connectivity index (χ1n) is 7.52. The van der Waals surface area contributed by atoms with Crippen molar-refractivity contribution in [3.63, 3.8) is 0 Å². The van der Waals surface area contributed by atoms with E-state index in [1.165, 1.54) is 5.56 Å². The van der Waals surface area contributed by atoms with Gasteiger partial charge in [-0.3, -0.25) is 4.90 Å². The minimum atomic E-state index is -0.126. The Hall–Kier alpha value is -1.39. The van der Waals surface area contributed by atoms with Crippen LogP contribution in [0.15, 0.2) is 54.6 Å². The number of aliphatic hydroxyl groups excluding tert-OH is 1. The van der Waals surface area contributed by atoms with Gasteiger partial charge in [0.05, 0.1) is 25.4 Å². The highest BCUT2D eigenvalue weighted by Crippen LogP contribution is 2.29. The predicted molar refractivity (Wildman–Crippen MR) is 87.9 cm³/mol. The highest BCUT2D eigenvalue weighted by molar-refractivity contribution is 6.30. The monoisotopic (exact) mass is 317 g/mol. The summed E-state index contributed by atoms with van der Waals surface area (Å²) >= 11 is 6.13. The van der Waals surface area contributed by atoms with E-state index in [4.69, 9.17) is 16.3 Å². The zero-order valence-electron chi connectivity index (χ0n) is 12.4. The van der Waals surface area contributed by atoms with Gasteiger partial charge in [-0.25, -0.2) is 0 Å². The third-order valence-corrected chi connectivity index (χ3v) is 4.27. The van der Waals surface area contributed by atoms with Gasteiger partial charge in [0.2, 0.25) is 0 Å². The molecule has 0 aromatic heterocycles. The highest BCUT2D eigenvalue weighted by Gasteiger charge is 2.29. The number of hydrogen-bond acceptors (Lipinski definition) is 3. The summed E-state index contributed by atoms with van der Waals surface area (Å²) in [7, 11) is 0. The lowest BCUT2D eigenvalue weighted by Crippen LogP contribution is -2.45. The lowest BCUT2D eigenvalue weighted by atomic mass is 10.0. The standard InChI is InChI=1S/C18H20ClNO2/c19-16-8-4-7-15(9-16)18-13-22-17(12-21)11-20(18)10-14-5-2-1-3-6-14/h1-9,17-18,21H,10-13H2. The Labute approximate surface area is 136 Å². The second-order valence-electron chi connectivity index (χ2n) is 5.62. The van der Waals surface area contributed by atoms with Gasteiger partial charge < -0.3 is 9.84 Å². The van der Waals surface area contributed by atoms with Crippen molar-refractivity contribution in [1.29, 1.82) is 0 Å². The maximum Gasteiger partial charge on any atom is 0.0933 e. The van der Waals surface area contributed by atoms with Gasteiger partial charge in [-0.15, -0.1) is 0 Å². The van der Waals surface area contributed by atoms with Gasteiger partial charge in [0.1, 0.15) is 0 Å². The second kappa shape index (κ2) is 7.25. The molecule has 2 aromatic carbocycles. The van der Waals surface area contributed by atoms with Crippen LogP contribution in [-0.2, 0) is 11.3 Å². The molecule has 0 saturated carbocycles. The number of aliphatic hydroxyl groups is 1. The normalized spacial score (nSPS) is 22.6. The van der Waals surface area contributed by atoms with E-state index in [9.17, 15) is 5.11 Å². The molecular formula is C18H20ClNO2. The van der Waals surface area contributed by atoms with E-state index in [-0.39, 0.29) is 18.8 Å². The van der Waals surface area contributed by atoms with Crippen molar-refractivity contribution < 1.29 is 9.84 Å². The second-order valence-corrected chi connectivity index (χ2v) is 6.06. The Morgan fingerprint density at radius 3 is 2.68 bits per heavy atom. The van der Waals surface area contributed by atoms with Crippen molar-refractivity contribution in [2.45, 2.75) is 18.7 Å². The molecule has 1 aliphatic heterocycles. The van der Waals surface area contributed by atoms with Crippen LogP contribution in [0.25, 0.3) is 0 Å². The lowest BCUT2D eigenvalue weighted by Gasteiger charge is -2.39. The smallest absolute Gasteiger partial charge is 0.0933 e. The molecule has 0 radical (unpaired) electrons. The molecule has 1 heterocycles. The zero-order valence-corrected chi connectivity index (χ0v) is 13.1. The molecule has 1 saturated heterocycles. The summed E-state index contributed by atoms with van der Waals surface area (Å²) in [5, 5.41) is 10.1. The van der Waals surface area contributed by atoms with Crippen molar-refractivity contribution in [2.24, 2.45) is 0 Å². The topological polar surface area (TPSA) is 32.7 Å². The summed E-state index contributed by atoms with van der Waals surface area (Å²) < 4.78 is 5.77. The number of ether oxygens (including phenoxy) is 1. The molecule has 0 bridgehead atoms. The summed E-state index contributed by atoms with van der Waals surface area (Å²) in [4.78, 5) is 2.35. The zero-order chi connectivity index (χ0) is 15.4. The lowest BCUT2D eigenvalue weighted by molar-refractivity contribution is -0.0866. The van der Waals surface area contributed by atoms with Crippen molar-refractivity contribution in [3.8, 4) is 0 Å². The summed E-state index contributed by atoms with van der Waals surface area (Å²) in [5.74, 6) is 0. The average Bonchev–Trinajstić information content (AvgIpc) is 2.55. The average molecular weight is 318 g/mol. The first kappa shape index (κ1) is 15.5. The Morgan fingerprint density at radius 2 is 1.95 bits per heavy atom. The number of morpholine rings is 1. The van der Waals surface area contributed by atoms with Gasteiger partial charge in [-0.05, 0) is 23.3 Å². The van der Waals surface area contributed by atoms with E-state index in [1.54, 1.807) is 0 Å². The maximum atomic E-state index is 9.40. The number of hydrogen-bond donors (Lipinski definition) is 1. The van der Waals surface area contributed by atoms with Crippen molar-refractivity contribution in [2.75, 3.05) is 19.8 Å². The SMILES string of the molecule is OCC1CN(Cc2ccccc2)C(c2cccc(Cl)c2)CO1. The van der Waals surface area contributed by atoms with Gasteiger partial charge in [0.25, 0.3) is 0 Å². The molecule has 2 atom stereocenters. The molecule has 116 valence electrons. The molecule has 0 amide bonds. The predicted octanol–water partition coefficient (Wildman–Crippen LogP) is 3.27. The van der Waals surface area contributed by atoms with Gasteiger partial charge in [0.15, 0.2) is 0 Å². The van der Waals surface area contributed by atoms with Crippen LogP contribution in [0, 0.1) is 0 Å². The fourth-order valence-electron chi connectivity index (χ4n) is 2.90. The van der Waals surface area contributed by atoms with Crippen LogP contribution in [0.4, 0.5) is 0 Å². The molecule has 1 aliphatic rings. The highest BCUT2D eigenvalue weighted by atomic mass is 35.5. The van der Waals surface area contributed by atoms with Crippen LogP contribution in [0.2, 0.25) is 5.02 Å². The fourth-order valence-corrected chi connectivity index (χ4v) is 3.10. The first-order chi connectivity index (χ1) is 10.8. The Kier molecular flexibility index (Phi) is 5.11. The molecular weight excluding hydrogens is 298 g/mol. The Bertz CT molecular complexity index is 605. The summed E-state index contributed by atoms with van der Waals surface area (Å²) in [6.07, 6.45) is -0.126. The largest absolute Gasteiger partial charge is 0.394 e. The molecule has 3 nitrogen and oxygen atoms in total. The number of benzene rings is 2. The van der Waals surface area contributed by atoms with Crippen molar-refractivity contribution in [1.82, 2.24) is 4.90 Å². The van der Waals surface area contributed by atoms with Crippen LogP contribution >= 0.6 is 11.6 Å². The minimum absolute atomic E-state index is 0.0492. The maximum absolute atomic E-state index is 9.40. The molecule has 0 aliphatic carbocycles. The van der Waals surface area contributed by atoms with E-state index < -0.39 is 0 Å². The minimum Gasteiger partial charge on any atom is -0.394 e. The molecule has 0 spiro atoms. The molecule has 22 heavy (non-hydrogen) atoms. The van der Waals surface area contributed by atoms with E-state index in [0.717, 1.165) is 17.1 Å². The molecule has 2 unspecified atom stereocenters. The fraction of sp³-hybridized carbons (Fsp3) is 0.333. The molecule has 2 aromatic rings. The van der Waals surface area contributed by atoms with E-state index >= 15 is 0 Å². The van der Waals surface area contributed by atoms with E-state index in [1.807, 2.05) is 36.4 Å². The van der Waals surface area contributed by atoms with Gasteiger partial charge in [0, 0.05) is 18.1 Å². The van der Waals surface area contributed by atoms with Crippen LogP contribution < -0.4 is 0 Å². The van der Waals surface area contributed by atoms with Crippen LogP contribution in [0.5, 0.6) is 0 Å². The van der Waals surface area contributed by atoms with Crippen molar-refractivity contribution >= 4 is 11.6 Å². The summed E-state index contributed by atoms with van der Waals surface area (Å²) in [6, 6.07) is 18.4. The van der Waals surface area contributed by atoms with E-state index in [2.05, 4.69) is 23.1 Å². The van der Waals surface area contributed by atoms with Crippen LogP contribution in [0.1, 0.15) is 17.2 Å². The Morgan fingerprint density at radius 1 is 1.14 bits per heavy atom. The van der Waals surface area contributed by atoms with Gasteiger partial charge >= 0.3 is 0 Å². The summed E-state index contributed by atoms with van der Waals surface area (Å²) in [5.41, 5.74) is 2.41. The quantitative estimate of drug-likeness (QED) is 0.939. The third-order valence-electron chi connectivity index (χ3n) is 4.03. The molecule has 4 heteroatoms. The third kappa shape index (κ3) is 3.68. The molecule has 1 N–H and O–H groups in total. The molecule has 3 rings (SSSR count). The van der Waals surface area contributed by atoms with Gasteiger partial charge in [-0.1, -0.05) is 54.1 Å². The number of nitrogens with zero attached hydrogens (tertiary/aromatic N) is 1. The van der Waals surface area contributed by atoms with Gasteiger partial charge in [-0.2, -0.15) is 0 Å². The van der Waals surface area contributed by atoms with Crippen LogP contribution in [0.3, 0.4) is 0 Å². The van der Waals surface area contributed by atoms with Crippen molar-refractivity contribution in [3.05, 3.63) is 70.7 Å². The Balaban J connectivity index is 1.83. The molecule has 1 fully saturated rings. The van der Waals surface area contributed by atoms with E-state index in [0.29, 0.717) is 13.2 Å². The number of rotatable bonds is 4. The summed E-state index contributed by atoms with van der Waals surface area (Å²) in [6.45, 7) is 2.16. The number of halogens is 1.